The Kier molecular flexibility index (Phi) is 4.49. The molecule has 21 heavy (non-hydrogen) atoms. The predicted molar refractivity (Wildman–Crippen MR) is 73.9 cm³/mol. The molecule has 1 aromatic heterocycles. The molecule has 2 rings (SSSR count). The fourth-order valence-electron chi connectivity index (χ4n) is 1.78. The maximum Gasteiger partial charge on any atom is 0.260 e. The van der Waals surface area contributed by atoms with E-state index in [0.717, 1.165) is 18.2 Å². The Bertz CT molecular complexity index is 731. The molecule has 3 N–H and O–H groups in total. The number of rotatable bonds is 5. The van der Waals surface area contributed by atoms with E-state index in [2.05, 4.69) is 9.71 Å². The van der Waals surface area contributed by atoms with Crippen LogP contribution >= 0.6 is 0 Å². The van der Waals surface area contributed by atoms with Crippen molar-refractivity contribution in [2.24, 2.45) is 0 Å². The van der Waals surface area contributed by atoms with E-state index in [4.69, 9.17) is 5.73 Å². The van der Waals surface area contributed by atoms with Gasteiger partial charge in [-0.3, -0.25) is 0 Å². The van der Waals surface area contributed by atoms with Crippen LogP contribution in [0.4, 0.5) is 14.5 Å². The fourth-order valence-corrected chi connectivity index (χ4v) is 2.87. The lowest BCUT2D eigenvalue weighted by Crippen LogP contribution is -2.27. The Labute approximate surface area is 120 Å². The minimum Gasteiger partial charge on any atom is -0.396 e. The van der Waals surface area contributed by atoms with Crippen LogP contribution in [0.25, 0.3) is 0 Å². The van der Waals surface area contributed by atoms with Gasteiger partial charge in [0.2, 0.25) is 0 Å². The first-order valence-electron chi connectivity index (χ1n) is 6.03. The summed E-state index contributed by atoms with van der Waals surface area (Å²) < 4.78 is 52.2. The number of nitrogen functional groups attached to an aromatic ring is 1. The number of anilines is 1. The predicted octanol–water partition coefficient (Wildman–Crippen LogP) is 1.46. The van der Waals surface area contributed by atoms with Crippen LogP contribution in [0.2, 0.25) is 0 Å². The molecule has 0 saturated heterocycles. The summed E-state index contributed by atoms with van der Waals surface area (Å²) in [6.07, 6.45) is 1.45. The van der Waals surface area contributed by atoms with Crippen LogP contribution in [0.5, 0.6) is 0 Å². The number of benzene rings is 1. The molecule has 0 aliphatic heterocycles. The molecule has 5 nitrogen and oxygen atoms in total. The van der Waals surface area contributed by atoms with E-state index in [-0.39, 0.29) is 23.7 Å². The molecule has 0 atom stereocenters. The number of halogens is 2. The standard InChI is InChI=1S/C13H13F2N3O2S/c14-10-6-9(7-11(15)8-10)3-5-18-21(19,20)13-12(16)2-1-4-17-13/h1-2,4,6-8,18H,3,5,16H2. The van der Waals surface area contributed by atoms with E-state index in [1.165, 1.54) is 18.3 Å². The molecule has 0 spiro atoms. The Hall–Kier alpha value is -2.06. The Balaban J connectivity index is 2.04. The zero-order chi connectivity index (χ0) is 15.5. The summed E-state index contributed by atoms with van der Waals surface area (Å²) in [5.74, 6) is -1.41. The van der Waals surface area contributed by atoms with Crippen molar-refractivity contribution in [3.05, 3.63) is 53.7 Å². The molecular weight excluding hydrogens is 300 g/mol. The summed E-state index contributed by atoms with van der Waals surface area (Å²) in [7, 11) is -3.85. The summed E-state index contributed by atoms with van der Waals surface area (Å²) in [6, 6.07) is 5.98. The lowest BCUT2D eigenvalue weighted by Gasteiger charge is -2.08. The molecule has 0 radical (unpaired) electrons. The van der Waals surface area contributed by atoms with Crippen LogP contribution in [0.1, 0.15) is 5.56 Å². The first-order valence-corrected chi connectivity index (χ1v) is 7.52. The quantitative estimate of drug-likeness (QED) is 0.875. The van der Waals surface area contributed by atoms with Crippen molar-refractivity contribution in [2.45, 2.75) is 11.4 Å². The van der Waals surface area contributed by atoms with Gasteiger partial charge in [-0.05, 0) is 36.2 Å². The van der Waals surface area contributed by atoms with Gasteiger partial charge in [0.25, 0.3) is 10.0 Å². The molecule has 0 unspecified atom stereocenters. The van der Waals surface area contributed by atoms with E-state index in [1.807, 2.05) is 0 Å². The molecule has 8 heteroatoms. The van der Waals surface area contributed by atoms with Crippen LogP contribution in [-0.2, 0) is 16.4 Å². The van der Waals surface area contributed by atoms with E-state index in [0.29, 0.717) is 5.56 Å². The molecule has 112 valence electrons. The molecule has 0 aliphatic rings. The lowest BCUT2D eigenvalue weighted by atomic mass is 10.1. The monoisotopic (exact) mass is 313 g/mol. The first-order chi connectivity index (χ1) is 9.88. The average Bonchev–Trinajstić information content (AvgIpc) is 2.37. The van der Waals surface area contributed by atoms with Gasteiger partial charge in [-0.1, -0.05) is 0 Å². The summed E-state index contributed by atoms with van der Waals surface area (Å²) >= 11 is 0. The zero-order valence-corrected chi connectivity index (χ0v) is 11.7. The second-order valence-electron chi connectivity index (χ2n) is 4.32. The molecule has 1 aromatic carbocycles. The second kappa shape index (κ2) is 6.15. The summed E-state index contributed by atoms with van der Waals surface area (Å²) in [5, 5.41) is -0.268. The minimum atomic E-state index is -3.85. The highest BCUT2D eigenvalue weighted by Gasteiger charge is 2.18. The molecule has 0 aliphatic carbocycles. The maximum atomic E-state index is 13.0. The Morgan fingerprint density at radius 3 is 2.48 bits per heavy atom. The molecule has 0 bridgehead atoms. The molecule has 1 heterocycles. The van der Waals surface area contributed by atoms with Gasteiger partial charge < -0.3 is 5.73 Å². The maximum absolute atomic E-state index is 13.0. The summed E-state index contributed by atoms with van der Waals surface area (Å²) in [5.41, 5.74) is 5.93. The SMILES string of the molecule is Nc1cccnc1S(=O)(=O)NCCc1cc(F)cc(F)c1. The van der Waals surface area contributed by atoms with Crippen LogP contribution < -0.4 is 10.5 Å². The van der Waals surface area contributed by atoms with Gasteiger partial charge in [0, 0.05) is 18.8 Å². The van der Waals surface area contributed by atoms with Gasteiger partial charge in [0.1, 0.15) is 11.6 Å². The van der Waals surface area contributed by atoms with E-state index < -0.39 is 21.7 Å². The van der Waals surface area contributed by atoms with Crippen molar-refractivity contribution >= 4 is 15.7 Å². The van der Waals surface area contributed by atoms with Crippen molar-refractivity contribution in [3.63, 3.8) is 0 Å². The van der Waals surface area contributed by atoms with Gasteiger partial charge in [0.15, 0.2) is 5.03 Å². The molecule has 0 fully saturated rings. The number of hydrogen-bond acceptors (Lipinski definition) is 4. The highest BCUT2D eigenvalue weighted by molar-refractivity contribution is 7.89. The third-order valence-corrected chi connectivity index (χ3v) is 4.12. The van der Waals surface area contributed by atoms with Crippen molar-refractivity contribution in [3.8, 4) is 0 Å². The molecule has 0 saturated carbocycles. The third-order valence-electron chi connectivity index (χ3n) is 2.68. The number of hydrogen-bond donors (Lipinski definition) is 2. The highest BCUT2D eigenvalue weighted by Crippen LogP contribution is 2.14. The third kappa shape index (κ3) is 3.96. The smallest absolute Gasteiger partial charge is 0.260 e. The van der Waals surface area contributed by atoms with E-state index >= 15 is 0 Å². The number of nitrogens with one attached hydrogen (secondary N) is 1. The van der Waals surface area contributed by atoms with Gasteiger partial charge in [-0.25, -0.2) is 26.9 Å². The number of nitrogens with zero attached hydrogens (tertiary/aromatic N) is 1. The summed E-state index contributed by atoms with van der Waals surface area (Å²) in [4.78, 5) is 3.71. The van der Waals surface area contributed by atoms with Gasteiger partial charge >= 0.3 is 0 Å². The van der Waals surface area contributed by atoms with Crippen molar-refractivity contribution in [1.29, 1.82) is 0 Å². The number of pyridine rings is 1. The van der Waals surface area contributed by atoms with Gasteiger partial charge in [-0.2, -0.15) is 0 Å². The Morgan fingerprint density at radius 2 is 1.86 bits per heavy atom. The van der Waals surface area contributed by atoms with Crippen LogP contribution in [0.15, 0.2) is 41.6 Å². The van der Waals surface area contributed by atoms with Crippen LogP contribution in [0, 0.1) is 11.6 Å². The number of nitrogens with two attached hydrogens (primary N) is 1. The van der Waals surface area contributed by atoms with E-state index in [1.54, 1.807) is 0 Å². The summed E-state index contributed by atoms with van der Waals surface area (Å²) in [6.45, 7) is -0.0265. The average molecular weight is 313 g/mol. The normalized spacial score (nSPS) is 11.5. The fraction of sp³-hybridized carbons (Fsp3) is 0.154. The second-order valence-corrected chi connectivity index (χ2v) is 6.01. The van der Waals surface area contributed by atoms with E-state index in [9.17, 15) is 17.2 Å². The zero-order valence-electron chi connectivity index (χ0n) is 10.9. The van der Waals surface area contributed by atoms with Crippen molar-refractivity contribution < 1.29 is 17.2 Å². The number of aromatic nitrogens is 1. The van der Waals surface area contributed by atoms with Gasteiger partial charge in [0.05, 0.1) is 5.69 Å². The minimum absolute atomic E-state index is 0.0265. The molecule has 2 aromatic rings. The Morgan fingerprint density at radius 1 is 1.19 bits per heavy atom. The topological polar surface area (TPSA) is 85.1 Å². The number of sulfonamides is 1. The van der Waals surface area contributed by atoms with Crippen molar-refractivity contribution in [1.82, 2.24) is 9.71 Å². The molecule has 0 amide bonds. The highest BCUT2D eigenvalue weighted by atomic mass is 32.2. The first kappa shape index (κ1) is 15.3. The van der Waals surface area contributed by atoms with Gasteiger partial charge in [-0.15, -0.1) is 0 Å². The van der Waals surface area contributed by atoms with Crippen LogP contribution in [0.3, 0.4) is 0 Å². The van der Waals surface area contributed by atoms with Crippen molar-refractivity contribution in [2.75, 3.05) is 12.3 Å². The largest absolute Gasteiger partial charge is 0.396 e. The molecular formula is C13H13F2N3O2S. The lowest BCUT2D eigenvalue weighted by molar-refractivity contribution is 0.574. The van der Waals surface area contributed by atoms with Crippen LogP contribution in [-0.4, -0.2) is 19.9 Å².